The smallest absolute Gasteiger partial charge is 0.309 e. The molecular formula is C10H9BrF2O2. The fraction of sp³-hybridized carbons (Fsp3) is 0.300. The first-order valence-corrected chi connectivity index (χ1v) is 4.98. The van der Waals surface area contributed by atoms with Crippen molar-refractivity contribution < 1.29 is 18.7 Å². The number of aryl methyl sites for hydroxylation is 1. The van der Waals surface area contributed by atoms with E-state index in [0.29, 0.717) is 5.56 Å². The van der Waals surface area contributed by atoms with E-state index in [9.17, 15) is 13.6 Å². The van der Waals surface area contributed by atoms with Crippen LogP contribution in [0.2, 0.25) is 0 Å². The summed E-state index contributed by atoms with van der Waals surface area (Å²) in [5.41, 5.74) is 0.378. The zero-order valence-electron chi connectivity index (χ0n) is 7.93. The number of hydrogen-bond acceptors (Lipinski definition) is 1. The molecular weight excluding hydrogens is 270 g/mol. The maximum atomic E-state index is 13.4. The fourth-order valence-electron chi connectivity index (χ4n) is 1.20. The summed E-state index contributed by atoms with van der Waals surface area (Å²) in [7, 11) is 0. The van der Waals surface area contributed by atoms with Crippen LogP contribution in [0.15, 0.2) is 22.7 Å². The second-order valence-corrected chi connectivity index (χ2v) is 4.11. The van der Waals surface area contributed by atoms with Crippen LogP contribution in [0.25, 0.3) is 0 Å². The first kappa shape index (κ1) is 12.1. The summed E-state index contributed by atoms with van der Waals surface area (Å²) in [5, 5.41) is 8.38. The third-order valence-electron chi connectivity index (χ3n) is 1.89. The van der Waals surface area contributed by atoms with Crippen LogP contribution >= 0.6 is 15.9 Å². The molecule has 1 aromatic rings. The van der Waals surface area contributed by atoms with Crippen molar-refractivity contribution in [2.24, 2.45) is 0 Å². The van der Waals surface area contributed by atoms with Gasteiger partial charge in [0.25, 0.3) is 5.92 Å². The van der Waals surface area contributed by atoms with E-state index < -0.39 is 18.3 Å². The molecule has 0 heterocycles. The molecule has 82 valence electrons. The minimum Gasteiger partial charge on any atom is -0.481 e. The Hall–Kier alpha value is -0.970. The molecule has 0 fully saturated rings. The van der Waals surface area contributed by atoms with Crippen LogP contribution < -0.4 is 0 Å². The Morgan fingerprint density at radius 3 is 2.67 bits per heavy atom. The Balaban J connectivity index is 3.13. The lowest BCUT2D eigenvalue weighted by molar-refractivity contribution is -0.145. The summed E-state index contributed by atoms with van der Waals surface area (Å²) >= 11 is 2.98. The SMILES string of the molecule is Cc1ccc(Br)c(C(F)(F)CC(=O)O)c1. The summed E-state index contributed by atoms with van der Waals surface area (Å²) in [6.45, 7) is 1.67. The molecule has 0 atom stereocenters. The van der Waals surface area contributed by atoms with Gasteiger partial charge < -0.3 is 5.11 Å². The average Bonchev–Trinajstić information content (AvgIpc) is 2.06. The number of hydrogen-bond donors (Lipinski definition) is 1. The quantitative estimate of drug-likeness (QED) is 0.921. The molecule has 0 aliphatic rings. The van der Waals surface area contributed by atoms with E-state index in [1.807, 2.05) is 0 Å². The van der Waals surface area contributed by atoms with E-state index in [0.717, 1.165) is 0 Å². The van der Waals surface area contributed by atoms with Crippen LogP contribution in [0.5, 0.6) is 0 Å². The number of rotatable bonds is 3. The van der Waals surface area contributed by atoms with E-state index >= 15 is 0 Å². The Morgan fingerprint density at radius 1 is 1.53 bits per heavy atom. The summed E-state index contributed by atoms with van der Waals surface area (Å²) in [4.78, 5) is 10.3. The van der Waals surface area contributed by atoms with Gasteiger partial charge in [0.1, 0.15) is 6.42 Å². The zero-order valence-corrected chi connectivity index (χ0v) is 9.51. The number of alkyl halides is 2. The van der Waals surface area contributed by atoms with Crippen molar-refractivity contribution in [3.05, 3.63) is 33.8 Å². The first-order valence-electron chi connectivity index (χ1n) is 4.19. The molecule has 1 rings (SSSR count). The number of carbonyl (C=O) groups is 1. The van der Waals surface area contributed by atoms with Crippen LogP contribution in [0.4, 0.5) is 8.78 Å². The lowest BCUT2D eigenvalue weighted by atomic mass is 10.0. The summed E-state index contributed by atoms with van der Waals surface area (Å²) in [5.74, 6) is -4.87. The highest BCUT2D eigenvalue weighted by atomic mass is 79.9. The molecule has 1 aromatic carbocycles. The average molecular weight is 279 g/mol. The van der Waals surface area contributed by atoms with Crippen molar-refractivity contribution in [2.45, 2.75) is 19.3 Å². The van der Waals surface area contributed by atoms with Crippen molar-refractivity contribution >= 4 is 21.9 Å². The van der Waals surface area contributed by atoms with Gasteiger partial charge in [0.05, 0.1) is 0 Å². The molecule has 0 aliphatic heterocycles. The van der Waals surface area contributed by atoms with E-state index in [4.69, 9.17) is 5.11 Å². The highest BCUT2D eigenvalue weighted by Crippen LogP contribution is 2.36. The molecule has 0 unspecified atom stereocenters. The second kappa shape index (κ2) is 4.26. The van der Waals surface area contributed by atoms with Gasteiger partial charge in [-0.25, -0.2) is 8.78 Å². The van der Waals surface area contributed by atoms with Crippen LogP contribution in [0, 0.1) is 6.92 Å². The van der Waals surface area contributed by atoms with Crippen LogP contribution in [-0.4, -0.2) is 11.1 Å². The lowest BCUT2D eigenvalue weighted by Gasteiger charge is -2.16. The fourth-order valence-corrected chi connectivity index (χ4v) is 1.74. The maximum Gasteiger partial charge on any atom is 0.309 e. The maximum absolute atomic E-state index is 13.4. The third-order valence-corrected chi connectivity index (χ3v) is 2.58. The molecule has 2 nitrogen and oxygen atoms in total. The van der Waals surface area contributed by atoms with Gasteiger partial charge in [-0.2, -0.15) is 0 Å². The van der Waals surface area contributed by atoms with Crippen molar-refractivity contribution in [2.75, 3.05) is 0 Å². The van der Waals surface area contributed by atoms with Gasteiger partial charge in [0, 0.05) is 10.0 Å². The largest absolute Gasteiger partial charge is 0.481 e. The van der Waals surface area contributed by atoms with Gasteiger partial charge >= 0.3 is 5.97 Å². The van der Waals surface area contributed by atoms with Gasteiger partial charge in [-0.15, -0.1) is 0 Å². The van der Waals surface area contributed by atoms with E-state index in [1.165, 1.54) is 12.1 Å². The highest BCUT2D eigenvalue weighted by molar-refractivity contribution is 9.10. The molecule has 0 amide bonds. The molecule has 0 aromatic heterocycles. The van der Waals surface area contributed by atoms with E-state index in [2.05, 4.69) is 15.9 Å². The van der Waals surface area contributed by atoms with Crippen LogP contribution in [0.3, 0.4) is 0 Å². The topological polar surface area (TPSA) is 37.3 Å². The second-order valence-electron chi connectivity index (χ2n) is 3.26. The van der Waals surface area contributed by atoms with Gasteiger partial charge in [-0.3, -0.25) is 4.79 Å². The van der Waals surface area contributed by atoms with Gasteiger partial charge in [-0.1, -0.05) is 27.6 Å². The Morgan fingerprint density at radius 2 is 2.13 bits per heavy atom. The number of carboxylic acid groups (broad SMARTS) is 1. The predicted molar refractivity (Wildman–Crippen MR) is 55.0 cm³/mol. The zero-order chi connectivity index (χ0) is 11.6. The molecule has 0 radical (unpaired) electrons. The van der Waals surface area contributed by atoms with Crippen molar-refractivity contribution in [1.29, 1.82) is 0 Å². The van der Waals surface area contributed by atoms with E-state index in [1.54, 1.807) is 13.0 Å². The summed E-state index contributed by atoms with van der Waals surface area (Å²) in [6.07, 6.45) is -1.20. The van der Waals surface area contributed by atoms with Crippen LogP contribution in [0.1, 0.15) is 17.5 Å². The standard InChI is InChI=1S/C10H9BrF2O2/c1-6-2-3-8(11)7(4-6)10(12,13)5-9(14)15/h2-4H,5H2,1H3,(H,14,15). The molecule has 15 heavy (non-hydrogen) atoms. The molecule has 0 bridgehead atoms. The molecule has 1 N–H and O–H groups in total. The Kier molecular flexibility index (Phi) is 3.44. The normalized spacial score (nSPS) is 11.5. The minimum atomic E-state index is -3.35. The lowest BCUT2D eigenvalue weighted by Crippen LogP contribution is -2.19. The Bertz CT molecular complexity index is 391. The van der Waals surface area contributed by atoms with Crippen molar-refractivity contribution in [1.82, 2.24) is 0 Å². The number of benzene rings is 1. The molecule has 5 heteroatoms. The van der Waals surface area contributed by atoms with Crippen LogP contribution in [-0.2, 0) is 10.7 Å². The minimum absolute atomic E-state index is 0.222. The van der Waals surface area contributed by atoms with Crippen molar-refractivity contribution in [3.63, 3.8) is 0 Å². The Labute approximate surface area is 94.0 Å². The summed E-state index contributed by atoms with van der Waals surface area (Å²) in [6, 6.07) is 4.44. The third kappa shape index (κ3) is 2.99. The number of halogens is 3. The van der Waals surface area contributed by atoms with Gasteiger partial charge in [0.2, 0.25) is 0 Å². The van der Waals surface area contributed by atoms with Gasteiger partial charge in [-0.05, 0) is 19.1 Å². The molecule has 0 aliphatic carbocycles. The highest BCUT2D eigenvalue weighted by Gasteiger charge is 2.36. The monoisotopic (exact) mass is 278 g/mol. The number of carboxylic acids is 1. The molecule has 0 saturated carbocycles. The van der Waals surface area contributed by atoms with E-state index in [-0.39, 0.29) is 10.0 Å². The van der Waals surface area contributed by atoms with Gasteiger partial charge in [0.15, 0.2) is 0 Å². The van der Waals surface area contributed by atoms with Crippen molar-refractivity contribution in [3.8, 4) is 0 Å². The predicted octanol–water partition coefficient (Wildman–Crippen LogP) is 3.32. The summed E-state index contributed by atoms with van der Waals surface area (Å²) < 4.78 is 27.1. The molecule has 0 spiro atoms. The first-order chi connectivity index (χ1) is 6.83. The molecule has 0 saturated heterocycles. The number of aliphatic carboxylic acids is 1.